The number of nitrogens with zero attached hydrogens (tertiary/aromatic N) is 4. The van der Waals surface area contributed by atoms with Crippen molar-refractivity contribution < 1.29 is 0 Å². The number of rotatable bonds is 3. The van der Waals surface area contributed by atoms with Crippen LogP contribution in [0.3, 0.4) is 0 Å². The van der Waals surface area contributed by atoms with E-state index in [1.807, 2.05) is 37.3 Å². The molecule has 5 nitrogen and oxygen atoms in total. The molecule has 0 unspecified atom stereocenters. The number of fused-ring (bicyclic) bond motifs is 3. The van der Waals surface area contributed by atoms with Gasteiger partial charge in [-0.15, -0.1) is 0 Å². The Morgan fingerprint density at radius 3 is 2.68 bits per heavy atom. The molecule has 7 heteroatoms. The SMILES string of the molecule is Cc1nn2c(ncc3c(=O)n(CCS)ccc32)c1-c1ccc(Cl)cc1. The number of thiol groups is 1. The van der Waals surface area contributed by atoms with Gasteiger partial charge in [0.05, 0.1) is 16.6 Å². The summed E-state index contributed by atoms with van der Waals surface area (Å²) in [6, 6.07) is 9.48. The van der Waals surface area contributed by atoms with Crippen LogP contribution in [0.4, 0.5) is 0 Å². The van der Waals surface area contributed by atoms with Crippen molar-refractivity contribution in [3.8, 4) is 11.1 Å². The van der Waals surface area contributed by atoms with Gasteiger partial charge in [0, 0.05) is 35.3 Å². The van der Waals surface area contributed by atoms with E-state index in [9.17, 15) is 4.79 Å². The zero-order chi connectivity index (χ0) is 17.6. The van der Waals surface area contributed by atoms with Crippen molar-refractivity contribution in [1.82, 2.24) is 19.2 Å². The fourth-order valence-electron chi connectivity index (χ4n) is 3.05. The van der Waals surface area contributed by atoms with E-state index in [2.05, 4.69) is 22.7 Å². The van der Waals surface area contributed by atoms with Gasteiger partial charge >= 0.3 is 0 Å². The van der Waals surface area contributed by atoms with Crippen LogP contribution in [0.2, 0.25) is 5.02 Å². The van der Waals surface area contributed by atoms with Crippen LogP contribution in [0.5, 0.6) is 0 Å². The summed E-state index contributed by atoms with van der Waals surface area (Å²) in [5.41, 5.74) is 4.17. The highest BCUT2D eigenvalue weighted by Crippen LogP contribution is 2.29. The minimum absolute atomic E-state index is 0.0813. The first-order chi connectivity index (χ1) is 12.1. The number of aryl methyl sites for hydroxylation is 2. The first kappa shape index (κ1) is 16.2. The average molecular weight is 371 g/mol. The fourth-order valence-corrected chi connectivity index (χ4v) is 3.40. The monoisotopic (exact) mass is 370 g/mol. The second kappa shape index (κ2) is 6.20. The zero-order valence-corrected chi connectivity index (χ0v) is 15.1. The molecule has 0 aliphatic heterocycles. The predicted molar refractivity (Wildman–Crippen MR) is 104 cm³/mol. The Labute approximate surface area is 154 Å². The van der Waals surface area contributed by atoms with Crippen LogP contribution in [0.1, 0.15) is 5.69 Å². The summed E-state index contributed by atoms with van der Waals surface area (Å²) in [6.45, 7) is 2.50. The third kappa shape index (κ3) is 2.62. The largest absolute Gasteiger partial charge is 0.314 e. The molecule has 0 radical (unpaired) electrons. The lowest BCUT2D eigenvalue weighted by atomic mass is 10.1. The molecule has 0 aliphatic carbocycles. The fraction of sp³-hybridized carbons (Fsp3) is 0.167. The van der Waals surface area contributed by atoms with Crippen LogP contribution in [0.15, 0.2) is 47.5 Å². The van der Waals surface area contributed by atoms with Gasteiger partial charge in [-0.3, -0.25) is 4.79 Å². The molecular formula is C18H15ClN4OS. The number of benzene rings is 1. The molecule has 4 aromatic rings. The van der Waals surface area contributed by atoms with Gasteiger partial charge in [-0.05, 0) is 30.7 Å². The van der Waals surface area contributed by atoms with Gasteiger partial charge in [0.25, 0.3) is 5.56 Å². The van der Waals surface area contributed by atoms with E-state index < -0.39 is 0 Å². The standard InChI is InChI=1S/C18H15ClN4OS/c1-11-16(12-2-4-13(19)5-3-12)17-20-10-14-15(23(17)21-11)6-7-22(8-9-25)18(14)24/h2-7,10,25H,8-9H2,1H3. The molecule has 0 aliphatic rings. The van der Waals surface area contributed by atoms with E-state index in [1.54, 1.807) is 21.5 Å². The summed E-state index contributed by atoms with van der Waals surface area (Å²) in [6.07, 6.45) is 3.40. The highest BCUT2D eigenvalue weighted by atomic mass is 35.5. The highest BCUT2D eigenvalue weighted by molar-refractivity contribution is 7.80. The number of halogens is 1. The Morgan fingerprint density at radius 2 is 1.96 bits per heavy atom. The molecule has 0 N–H and O–H groups in total. The van der Waals surface area contributed by atoms with Crippen molar-refractivity contribution >= 4 is 40.8 Å². The molecule has 3 aromatic heterocycles. The predicted octanol–water partition coefficient (Wildman–Crippen LogP) is 3.60. The Morgan fingerprint density at radius 1 is 1.20 bits per heavy atom. The van der Waals surface area contributed by atoms with Crippen molar-refractivity contribution in [2.45, 2.75) is 13.5 Å². The molecule has 0 spiro atoms. The van der Waals surface area contributed by atoms with Gasteiger partial charge in [0.1, 0.15) is 0 Å². The Bertz CT molecular complexity index is 1150. The average Bonchev–Trinajstić information content (AvgIpc) is 2.94. The number of aromatic nitrogens is 4. The molecule has 0 atom stereocenters. The molecule has 0 saturated carbocycles. The van der Waals surface area contributed by atoms with Gasteiger partial charge in [-0.2, -0.15) is 17.7 Å². The molecule has 0 bridgehead atoms. The third-order valence-electron chi connectivity index (χ3n) is 4.23. The molecular weight excluding hydrogens is 356 g/mol. The minimum Gasteiger partial charge on any atom is -0.314 e. The summed E-state index contributed by atoms with van der Waals surface area (Å²) >= 11 is 10.2. The van der Waals surface area contributed by atoms with Crippen molar-refractivity contribution in [3.05, 3.63) is 63.8 Å². The summed E-state index contributed by atoms with van der Waals surface area (Å²) in [7, 11) is 0. The Balaban J connectivity index is 2.01. The number of hydrogen-bond acceptors (Lipinski definition) is 4. The first-order valence-electron chi connectivity index (χ1n) is 7.84. The van der Waals surface area contributed by atoms with Crippen molar-refractivity contribution in [2.24, 2.45) is 0 Å². The summed E-state index contributed by atoms with van der Waals surface area (Å²) in [5.74, 6) is 0.600. The lowest BCUT2D eigenvalue weighted by Gasteiger charge is -2.06. The van der Waals surface area contributed by atoms with Crippen molar-refractivity contribution in [1.29, 1.82) is 0 Å². The highest BCUT2D eigenvalue weighted by Gasteiger charge is 2.16. The zero-order valence-electron chi connectivity index (χ0n) is 13.5. The smallest absolute Gasteiger partial charge is 0.261 e. The molecule has 4 rings (SSSR count). The van der Waals surface area contributed by atoms with Gasteiger partial charge in [-0.25, -0.2) is 9.50 Å². The van der Waals surface area contributed by atoms with Crippen LogP contribution in [-0.4, -0.2) is 24.9 Å². The molecule has 126 valence electrons. The summed E-state index contributed by atoms with van der Waals surface area (Å²) in [5, 5.41) is 5.84. The number of hydrogen-bond donors (Lipinski definition) is 1. The van der Waals surface area contributed by atoms with Crippen LogP contribution in [-0.2, 0) is 6.54 Å². The van der Waals surface area contributed by atoms with Crippen LogP contribution in [0, 0.1) is 6.92 Å². The summed E-state index contributed by atoms with van der Waals surface area (Å²) < 4.78 is 3.38. The molecule has 1 aromatic carbocycles. The van der Waals surface area contributed by atoms with E-state index in [0.29, 0.717) is 22.7 Å². The van der Waals surface area contributed by atoms with Crippen LogP contribution >= 0.6 is 24.2 Å². The van der Waals surface area contributed by atoms with Crippen molar-refractivity contribution in [2.75, 3.05) is 5.75 Å². The van der Waals surface area contributed by atoms with E-state index in [-0.39, 0.29) is 5.56 Å². The van der Waals surface area contributed by atoms with Crippen LogP contribution in [0.25, 0.3) is 27.7 Å². The molecule has 0 saturated heterocycles. The molecule has 25 heavy (non-hydrogen) atoms. The maximum atomic E-state index is 12.6. The Kier molecular flexibility index (Phi) is 4.01. The topological polar surface area (TPSA) is 52.2 Å². The maximum absolute atomic E-state index is 12.6. The normalized spacial score (nSPS) is 11.5. The molecule has 0 fully saturated rings. The van der Waals surface area contributed by atoms with E-state index in [1.165, 1.54) is 0 Å². The first-order valence-corrected chi connectivity index (χ1v) is 8.85. The Hall–Kier alpha value is -2.31. The van der Waals surface area contributed by atoms with Gasteiger partial charge in [0.15, 0.2) is 5.65 Å². The van der Waals surface area contributed by atoms with Gasteiger partial charge < -0.3 is 4.57 Å². The van der Waals surface area contributed by atoms with E-state index in [0.717, 1.165) is 28.0 Å². The second-order valence-electron chi connectivity index (χ2n) is 5.80. The lowest BCUT2D eigenvalue weighted by molar-refractivity contribution is 0.742. The quantitative estimate of drug-likeness (QED) is 0.560. The molecule has 3 heterocycles. The second-order valence-corrected chi connectivity index (χ2v) is 6.68. The van der Waals surface area contributed by atoms with Crippen LogP contribution < -0.4 is 5.56 Å². The van der Waals surface area contributed by atoms with Crippen molar-refractivity contribution in [3.63, 3.8) is 0 Å². The minimum atomic E-state index is -0.0813. The van der Waals surface area contributed by atoms with Gasteiger partial charge in [0.2, 0.25) is 0 Å². The van der Waals surface area contributed by atoms with Gasteiger partial charge in [-0.1, -0.05) is 23.7 Å². The number of pyridine rings is 1. The maximum Gasteiger partial charge on any atom is 0.261 e. The van der Waals surface area contributed by atoms with E-state index in [4.69, 9.17) is 11.6 Å². The third-order valence-corrected chi connectivity index (χ3v) is 4.69. The lowest BCUT2D eigenvalue weighted by Crippen LogP contribution is -2.21. The van der Waals surface area contributed by atoms with E-state index >= 15 is 0 Å². The summed E-state index contributed by atoms with van der Waals surface area (Å²) in [4.78, 5) is 17.1. The molecule has 0 amide bonds.